The SMILES string of the molecule is N#CCCCCCCCCCOCCC1CCCO1. The van der Waals surface area contributed by atoms with E-state index < -0.39 is 0 Å². The molecule has 110 valence electrons. The number of rotatable bonds is 12. The molecule has 19 heavy (non-hydrogen) atoms. The van der Waals surface area contributed by atoms with E-state index in [0.29, 0.717) is 6.10 Å². The van der Waals surface area contributed by atoms with Crippen LogP contribution in [-0.4, -0.2) is 25.9 Å². The third-order valence-electron chi connectivity index (χ3n) is 3.69. The van der Waals surface area contributed by atoms with E-state index in [0.717, 1.165) is 39.1 Å². The molecule has 0 saturated carbocycles. The Balaban J connectivity index is 1.68. The predicted octanol–water partition coefficient (Wildman–Crippen LogP) is 4.22. The zero-order valence-electron chi connectivity index (χ0n) is 12.2. The van der Waals surface area contributed by atoms with Crippen LogP contribution in [0, 0.1) is 11.3 Å². The highest BCUT2D eigenvalue weighted by Crippen LogP contribution is 2.15. The summed E-state index contributed by atoms with van der Waals surface area (Å²) in [4.78, 5) is 0. The van der Waals surface area contributed by atoms with Crippen LogP contribution in [0.5, 0.6) is 0 Å². The molecule has 0 aromatic heterocycles. The summed E-state index contributed by atoms with van der Waals surface area (Å²) in [5.74, 6) is 0. The van der Waals surface area contributed by atoms with Gasteiger partial charge in [-0.25, -0.2) is 0 Å². The van der Waals surface area contributed by atoms with Crippen LogP contribution >= 0.6 is 0 Å². The van der Waals surface area contributed by atoms with Crippen LogP contribution in [0.3, 0.4) is 0 Å². The Morgan fingerprint density at radius 1 is 1.00 bits per heavy atom. The second-order valence-corrected chi connectivity index (χ2v) is 5.42. The Morgan fingerprint density at radius 2 is 1.74 bits per heavy atom. The maximum absolute atomic E-state index is 8.41. The van der Waals surface area contributed by atoms with Crippen molar-refractivity contribution in [2.45, 2.75) is 76.7 Å². The van der Waals surface area contributed by atoms with Crippen LogP contribution in [0.15, 0.2) is 0 Å². The molecular formula is C16H29NO2. The summed E-state index contributed by atoms with van der Waals surface area (Å²) in [5.41, 5.74) is 0. The van der Waals surface area contributed by atoms with Gasteiger partial charge in [0.15, 0.2) is 0 Å². The molecule has 0 radical (unpaired) electrons. The Labute approximate surface area is 118 Å². The van der Waals surface area contributed by atoms with Crippen LogP contribution < -0.4 is 0 Å². The van der Waals surface area contributed by atoms with Gasteiger partial charge in [-0.15, -0.1) is 0 Å². The van der Waals surface area contributed by atoms with Crippen molar-refractivity contribution in [2.24, 2.45) is 0 Å². The van der Waals surface area contributed by atoms with Gasteiger partial charge in [0.25, 0.3) is 0 Å². The number of ether oxygens (including phenoxy) is 2. The Hall–Kier alpha value is -0.590. The van der Waals surface area contributed by atoms with Gasteiger partial charge in [0.05, 0.1) is 12.2 Å². The molecule has 0 spiro atoms. The first-order valence-corrected chi connectivity index (χ1v) is 8.00. The second-order valence-electron chi connectivity index (χ2n) is 5.42. The van der Waals surface area contributed by atoms with Crippen LogP contribution in [0.1, 0.15) is 70.6 Å². The van der Waals surface area contributed by atoms with E-state index in [9.17, 15) is 0 Å². The van der Waals surface area contributed by atoms with Gasteiger partial charge in [0.2, 0.25) is 0 Å². The summed E-state index contributed by atoms with van der Waals surface area (Å²) in [6, 6.07) is 2.19. The van der Waals surface area contributed by atoms with E-state index in [1.807, 2.05) is 0 Å². The molecule has 1 fully saturated rings. The van der Waals surface area contributed by atoms with Gasteiger partial charge in [0.1, 0.15) is 0 Å². The minimum atomic E-state index is 0.466. The molecule has 1 heterocycles. The standard InChI is InChI=1S/C16H29NO2/c17-12-7-5-3-1-2-4-6-8-13-18-15-11-16-10-9-14-19-16/h16H,1-11,13-15H2. The molecule has 0 amide bonds. The molecular weight excluding hydrogens is 238 g/mol. The second kappa shape index (κ2) is 12.4. The van der Waals surface area contributed by atoms with E-state index in [4.69, 9.17) is 14.7 Å². The first-order chi connectivity index (χ1) is 9.43. The smallest absolute Gasteiger partial charge is 0.0621 e. The van der Waals surface area contributed by atoms with Gasteiger partial charge in [0, 0.05) is 26.2 Å². The highest BCUT2D eigenvalue weighted by Gasteiger charge is 2.14. The summed E-state index contributed by atoms with van der Waals surface area (Å²) in [7, 11) is 0. The molecule has 0 bridgehead atoms. The van der Waals surface area contributed by atoms with Crippen LogP contribution in [0.25, 0.3) is 0 Å². The summed E-state index contributed by atoms with van der Waals surface area (Å²) >= 11 is 0. The molecule has 1 aliphatic heterocycles. The molecule has 0 N–H and O–H groups in total. The molecule has 1 unspecified atom stereocenters. The normalized spacial score (nSPS) is 18.6. The lowest BCUT2D eigenvalue weighted by molar-refractivity contribution is 0.0582. The maximum Gasteiger partial charge on any atom is 0.0621 e. The van der Waals surface area contributed by atoms with Gasteiger partial charge in [-0.1, -0.05) is 32.1 Å². The number of hydrogen-bond donors (Lipinski definition) is 0. The maximum atomic E-state index is 8.41. The van der Waals surface area contributed by atoms with Crippen molar-refractivity contribution in [3.63, 3.8) is 0 Å². The molecule has 0 aliphatic carbocycles. The van der Waals surface area contributed by atoms with E-state index >= 15 is 0 Å². The number of nitriles is 1. The van der Waals surface area contributed by atoms with Crippen LogP contribution in [-0.2, 0) is 9.47 Å². The van der Waals surface area contributed by atoms with E-state index in [1.165, 1.54) is 51.4 Å². The summed E-state index contributed by atoms with van der Waals surface area (Å²) in [5, 5.41) is 8.41. The average molecular weight is 267 g/mol. The Kier molecular flexibility index (Phi) is 10.8. The van der Waals surface area contributed by atoms with Gasteiger partial charge in [-0.05, 0) is 32.1 Å². The predicted molar refractivity (Wildman–Crippen MR) is 77.0 cm³/mol. The van der Waals surface area contributed by atoms with Crippen molar-refractivity contribution in [1.29, 1.82) is 5.26 Å². The van der Waals surface area contributed by atoms with Crippen molar-refractivity contribution >= 4 is 0 Å². The monoisotopic (exact) mass is 267 g/mol. The first-order valence-electron chi connectivity index (χ1n) is 8.00. The number of unbranched alkanes of at least 4 members (excludes halogenated alkanes) is 7. The van der Waals surface area contributed by atoms with Gasteiger partial charge >= 0.3 is 0 Å². The Morgan fingerprint density at radius 3 is 2.42 bits per heavy atom. The van der Waals surface area contributed by atoms with Crippen molar-refractivity contribution < 1.29 is 9.47 Å². The van der Waals surface area contributed by atoms with Crippen molar-refractivity contribution in [1.82, 2.24) is 0 Å². The average Bonchev–Trinajstić information content (AvgIpc) is 2.93. The molecule has 1 atom stereocenters. The molecule has 1 saturated heterocycles. The zero-order chi connectivity index (χ0) is 13.6. The fraction of sp³-hybridized carbons (Fsp3) is 0.938. The third kappa shape index (κ3) is 9.92. The molecule has 1 aliphatic rings. The molecule has 0 aromatic carbocycles. The summed E-state index contributed by atoms with van der Waals surface area (Å²) in [6.45, 7) is 2.71. The number of hydrogen-bond acceptors (Lipinski definition) is 3. The van der Waals surface area contributed by atoms with E-state index in [2.05, 4.69) is 6.07 Å². The topological polar surface area (TPSA) is 42.2 Å². The van der Waals surface area contributed by atoms with E-state index in [1.54, 1.807) is 0 Å². The highest BCUT2D eigenvalue weighted by molar-refractivity contribution is 4.67. The van der Waals surface area contributed by atoms with E-state index in [-0.39, 0.29) is 0 Å². The molecule has 0 aromatic rings. The van der Waals surface area contributed by atoms with Crippen molar-refractivity contribution in [2.75, 3.05) is 19.8 Å². The van der Waals surface area contributed by atoms with Crippen molar-refractivity contribution in [3.8, 4) is 6.07 Å². The lowest BCUT2D eigenvalue weighted by atomic mass is 10.1. The minimum Gasteiger partial charge on any atom is -0.381 e. The minimum absolute atomic E-state index is 0.466. The summed E-state index contributed by atoms with van der Waals surface area (Å²) in [6.07, 6.45) is 13.3. The summed E-state index contributed by atoms with van der Waals surface area (Å²) < 4.78 is 11.2. The Bertz CT molecular complexity index is 231. The lowest BCUT2D eigenvalue weighted by Crippen LogP contribution is -2.09. The molecule has 1 rings (SSSR count). The van der Waals surface area contributed by atoms with Crippen molar-refractivity contribution in [3.05, 3.63) is 0 Å². The zero-order valence-corrected chi connectivity index (χ0v) is 12.2. The fourth-order valence-corrected chi connectivity index (χ4v) is 2.48. The third-order valence-corrected chi connectivity index (χ3v) is 3.69. The lowest BCUT2D eigenvalue weighted by Gasteiger charge is -2.09. The molecule has 3 heteroatoms. The van der Waals surface area contributed by atoms with Crippen LogP contribution in [0.4, 0.5) is 0 Å². The van der Waals surface area contributed by atoms with Gasteiger partial charge in [-0.3, -0.25) is 0 Å². The molecule has 3 nitrogen and oxygen atoms in total. The first kappa shape index (κ1) is 16.5. The fourth-order valence-electron chi connectivity index (χ4n) is 2.48. The number of nitrogens with zero attached hydrogens (tertiary/aromatic N) is 1. The quantitative estimate of drug-likeness (QED) is 0.497. The highest BCUT2D eigenvalue weighted by atomic mass is 16.5. The van der Waals surface area contributed by atoms with Gasteiger partial charge < -0.3 is 9.47 Å². The van der Waals surface area contributed by atoms with Gasteiger partial charge in [-0.2, -0.15) is 5.26 Å². The van der Waals surface area contributed by atoms with Crippen LogP contribution in [0.2, 0.25) is 0 Å². The largest absolute Gasteiger partial charge is 0.381 e.